The third kappa shape index (κ3) is 2.70. The van der Waals surface area contributed by atoms with Gasteiger partial charge in [0.2, 0.25) is 0 Å². The quantitative estimate of drug-likeness (QED) is 0.505. The third-order valence-electron chi connectivity index (χ3n) is 3.60. The van der Waals surface area contributed by atoms with Crippen LogP contribution in [0.25, 0.3) is 33.5 Å². The summed E-state index contributed by atoms with van der Waals surface area (Å²) in [5.41, 5.74) is 5.28. The first-order chi connectivity index (χ1) is 11.2. The Bertz CT molecular complexity index is 1010. The van der Waals surface area contributed by atoms with E-state index in [1.807, 2.05) is 43.5 Å². The van der Waals surface area contributed by atoms with Crippen LogP contribution in [0, 0.1) is 10.5 Å². The monoisotopic (exact) mass is 413 g/mol. The van der Waals surface area contributed by atoms with Crippen LogP contribution in [-0.2, 0) is 0 Å². The number of fused-ring (bicyclic) bond motifs is 1. The van der Waals surface area contributed by atoms with Crippen molar-refractivity contribution in [2.75, 3.05) is 0 Å². The van der Waals surface area contributed by atoms with Gasteiger partial charge in [0.1, 0.15) is 11.4 Å². The minimum atomic E-state index is 0.756. The summed E-state index contributed by atoms with van der Waals surface area (Å²) >= 11 is 2.27. The molecule has 0 saturated carbocycles. The SMILES string of the molecule is Cc1cccc(-c2n[nH]nc2-c2ccc3ncc(I)cc3c2)n1. The van der Waals surface area contributed by atoms with Crippen LogP contribution in [-0.4, -0.2) is 25.4 Å². The molecule has 0 atom stereocenters. The molecule has 0 aliphatic heterocycles. The van der Waals surface area contributed by atoms with Crippen molar-refractivity contribution in [3.8, 4) is 22.6 Å². The van der Waals surface area contributed by atoms with Crippen molar-refractivity contribution < 1.29 is 0 Å². The van der Waals surface area contributed by atoms with Gasteiger partial charge in [-0.25, -0.2) is 0 Å². The molecule has 0 saturated heterocycles. The molecule has 6 heteroatoms. The number of benzene rings is 1. The molecule has 1 N–H and O–H groups in total. The standard InChI is InChI=1S/C17H12IN5/c1-10-3-2-4-15(20-10)17-16(21-23-22-17)11-5-6-14-12(7-11)8-13(18)9-19-14/h2-9H,1H3,(H,21,22,23). The lowest BCUT2D eigenvalue weighted by atomic mass is 10.1. The van der Waals surface area contributed by atoms with E-state index in [-0.39, 0.29) is 0 Å². The molecule has 0 fully saturated rings. The van der Waals surface area contributed by atoms with Gasteiger partial charge in [0.05, 0.1) is 11.2 Å². The van der Waals surface area contributed by atoms with Gasteiger partial charge in [-0.3, -0.25) is 9.97 Å². The number of aromatic amines is 1. The van der Waals surface area contributed by atoms with E-state index < -0.39 is 0 Å². The number of aryl methyl sites for hydroxylation is 1. The predicted molar refractivity (Wildman–Crippen MR) is 97.8 cm³/mol. The number of pyridine rings is 2. The molecule has 0 spiro atoms. The maximum atomic E-state index is 4.54. The third-order valence-corrected chi connectivity index (χ3v) is 4.19. The Morgan fingerprint density at radius 2 is 1.87 bits per heavy atom. The lowest BCUT2D eigenvalue weighted by Gasteiger charge is -2.04. The number of aromatic nitrogens is 5. The van der Waals surface area contributed by atoms with Crippen LogP contribution in [0.4, 0.5) is 0 Å². The summed E-state index contributed by atoms with van der Waals surface area (Å²) in [5.74, 6) is 0. The van der Waals surface area contributed by atoms with Gasteiger partial charge in [-0.15, -0.1) is 0 Å². The zero-order valence-electron chi connectivity index (χ0n) is 12.3. The minimum absolute atomic E-state index is 0.756. The highest BCUT2D eigenvalue weighted by molar-refractivity contribution is 14.1. The summed E-state index contributed by atoms with van der Waals surface area (Å²) in [6.45, 7) is 1.97. The first-order valence-electron chi connectivity index (χ1n) is 7.11. The van der Waals surface area contributed by atoms with Crippen molar-refractivity contribution in [2.45, 2.75) is 6.92 Å². The maximum absolute atomic E-state index is 4.54. The molecule has 0 radical (unpaired) electrons. The van der Waals surface area contributed by atoms with Gasteiger partial charge < -0.3 is 0 Å². The molecule has 4 rings (SSSR count). The average molecular weight is 413 g/mol. The van der Waals surface area contributed by atoms with Gasteiger partial charge in [0.15, 0.2) is 0 Å². The van der Waals surface area contributed by atoms with Crippen LogP contribution in [0.2, 0.25) is 0 Å². The van der Waals surface area contributed by atoms with Gasteiger partial charge in [-0.1, -0.05) is 12.1 Å². The lowest BCUT2D eigenvalue weighted by Crippen LogP contribution is -1.90. The predicted octanol–water partition coefficient (Wildman–Crippen LogP) is 3.99. The Balaban J connectivity index is 1.87. The number of rotatable bonds is 2. The molecule has 4 aromatic rings. The largest absolute Gasteiger partial charge is 0.255 e. The molecule has 3 heterocycles. The Kier molecular flexibility index (Phi) is 3.53. The fraction of sp³-hybridized carbons (Fsp3) is 0.0588. The summed E-state index contributed by atoms with van der Waals surface area (Å²) in [4.78, 5) is 8.97. The number of hydrogen-bond acceptors (Lipinski definition) is 4. The van der Waals surface area contributed by atoms with Crippen molar-refractivity contribution in [2.24, 2.45) is 0 Å². The molecule has 0 amide bonds. The van der Waals surface area contributed by atoms with Crippen LogP contribution in [0.3, 0.4) is 0 Å². The molecular formula is C17H12IN5. The Morgan fingerprint density at radius 3 is 2.74 bits per heavy atom. The van der Waals surface area contributed by atoms with Crippen LogP contribution in [0.1, 0.15) is 5.69 Å². The van der Waals surface area contributed by atoms with E-state index in [0.29, 0.717) is 0 Å². The summed E-state index contributed by atoms with van der Waals surface area (Å²) < 4.78 is 1.10. The fourth-order valence-electron chi connectivity index (χ4n) is 2.54. The average Bonchev–Trinajstić information content (AvgIpc) is 3.03. The second-order valence-corrected chi connectivity index (χ2v) is 6.49. The highest BCUT2D eigenvalue weighted by Crippen LogP contribution is 2.29. The van der Waals surface area contributed by atoms with E-state index in [1.54, 1.807) is 0 Å². The summed E-state index contributed by atoms with van der Waals surface area (Å²) in [6, 6.07) is 14.1. The number of nitrogens with one attached hydrogen (secondary N) is 1. The van der Waals surface area contributed by atoms with Crippen LogP contribution in [0.5, 0.6) is 0 Å². The van der Waals surface area contributed by atoms with Crippen molar-refractivity contribution in [3.05, 3.63) is 57.9 Å². The van der Waals surface area contributed by atoms with Gasteiger partial charge >= 0.3 is 0 Å². The van der Waals surface area contributed by atoms with Crippen molar-refractivity contribution >= 4 is 33.5 Å². The van der Waals surface area contributed by atoms with Crippen LogP contribution < -0.4 is 0 Å². The first-order valence-corrected chi connectivity index (χ1v) is 8.19. The molecule has 23 heavy (non-hydrogen) atoms. The zero-order valence-corrected chi connectivity index (χ0v) is 14.4. The van der Waals surface area contributed by atoms with Crippen molar-refractivity contribution in [3.63, 3.8) is 0 Å². The summed E-state index contributed by atoms with van der Waals surface area (Å²) in [5, 5.41) is 12.4. The normalized spacial score (nSPS) is 11.0. The molecule has 3 aromatic heterocycles. The molecule has 1 aromatic carbocycles. The van der Waals surface area contributed by atoms with E-state index >= 15 is 0 Å². The van der Waals surface area contributed by atoms with E-state index in [2.05, 4.69) is 60.1 Å². The van der Waals surface area contributed by atoms with Gasteiger partial charge in [0, 0.05) is 26.4 Å². The Morgan fingerprint density at radius 1 is 1.00 bits per heavy atom. The van der Waals surface area contributed by atoms with Crippen molar-refractivity contribution in [1.82, 2.24) is 25.4 Å². The molecule has 0 aliphatic rings. The van der Waals surface area contributed by atoms with Gasteiger partial charge in [-0.2, -0.15) is 15.4 Å². The topological polar surface area (TPSA) is 67.3 Å². The van der Waals surface area contributed by atoms with Crippen molar-refractivity contribution in [1.29, 1.82) is 0 Å². The molecule has 0 unspecified atom stereocenters. The maximum Gasteiger partial charge on any atom is 0.139 e. The van der Waals surface area contributed by atoms with Gasteiger partial charge in [0.25, 0.3) is 0 Å². The van der Waals surface area contributed by atoms with Crippen LogP contribution >= 0.6 is 22.6 Å². The summed E-state index contributed by atoms with van der Waals surface area (Å²) in [7, 11) is 0. The van der Waals surface area contributed by atoms with E-state index in [1.165, 1.54) is 0 Å². The van der Waals surface area contributed by atoms with E-state index in [9.17, 15) is 0 Å². The summed E-state index contributed by atoms with van der Waals surface area (Å²) in [6.07, 6.45) is 1.86. The molecule has 5 nitrogen and oxygen atoms in total. The fourth-order valence-corrected chi connectivity index (χ4v) is 3.01. The molecule has 112 valence electrons. The van der Waals surface area contributed by atoms with Gasteiger partial charge in [-0.05, 0) is 59.8 Å². The smallest absolute Gasteiger partial charge is 0.139 e. The second-order valence-electron chi connectivity index (χ2n) is 5.25. The Hall–Kier alpha value is -2.35. The second kappa shape index (κ2) is 5.69. The first kappa shape index (κ1) is 14.3. The molecular weight excluding hydrogens is 401 g/mol. The van der Waals surface area contributed by atoms with E-state index in [4.69, 9.17) is 0 Å². The van der Waals surface area contributed by atoms with Crippen LogP contribution in [0.15, 0.2) is 48.7 Å². The zero-order chi connectivity index (χ0) is 15.8. The highest BCUT2D eigenvalue weighted by Gasteiger charge is 2.14. The Labute approximate surface area is 146 Å². The highest BCUT2D eigenvalue weighted by atomic mass is 127. The molecule has 0 aliphatic carbocycles. The van der Waals surface area contributed by atoms with E-state index in [0.717, 1.165) is 42.8 Å². The molecule has 0 bridgehead atoms. The number of halogens is 1. The number of nitrogens with zero attached hydrogens (tertiary/aromatic N) is 4. The number of hydrogen-bond donors (Lipinski definition) is 1. The number of H-pyrrole nitrogens is 1. The minimum Gasteiger partial charge on any atom is -0.255 e. The lowest BCUT2D eigenvalue weighted by molar-refractivity contribution is 0.942.